The number of anilines is 2. The van der Waals surface area contributed by atoms with Gasteiger partial charge in [-0.25, -0.2) is 0 Å². The third-order valence-corrected chi connectivity index (χ3v) is 6.89. The van der Waals surface area contributed by atoms with Crippen LogP contribution in [-0.4, -0.2) is 47.0 Å². The van der Waals surface area contributed by atoms with Gasteiger partial charge in [0, 0.05) is 37.0 Å². The van der Waals surface area contributed by atoms with Crippen LogP contribution >= 0.6 is 22.9 Å². The van der Waals surface area contributed by atoms with Crippen LogP contribution < -0.4 is 10.6 Å². The maximum absolute atomic E-state index is 12.4. The number of carbonyl (C=O) groups is 2. The van der Waals surface area contributed by atoms with Gasteiger partial charge >= 0.3 is 0 Å². The molecule has 0 bridgehead atoms. The van der Waals surface area contributed by atoms with Crippen LogP contribution in [-0.2, 0) is 41.8 Å². The van der Waals surface area contributed by atoms with E-state index in [1.165, 1.54) is 29.6 Å². The van der Waals surface area contributed by atoms with E-state index in [9.17, 15) is 9.59 Å². The summed E-state index contributed by atoms with van der Waals surface area (Å²) >= 11 is 7.14. The van der Waals surface area contributed by atoms with Crippen molar-refractivity contribution in [1.82, 2.24) is 35.2 Å². The predicted octanol–water partition coefficient (Wildman–Crippen LogP) is 3.26. The van der Waals surface area contributed by atoms with Gasteiger partial charge in [0.2, 0.25) is 16.9 Å². The van der Waals surface area contributed by atoms with Crippen LogP contribution in [0.1, 0.15) is 47.0 Å². The normalized spacial score (nSPS) is 12.2. The minimum absolute atomic E-state index is 0.101. The van der Waals surface area contributed by atoms with Crippen molar-refractivity contribution in [3.05, 3.63) is 69.3 Å². The molecule has 1 aliphatic heterocycles. The van der Waals surface area contributed by atoms with E-state index in [4.69, 9.17) is 11.6 Å². The average Bonchev–Trinajstić information content (AvgIpc) is 3.54. The number of hydrogen-bond acceptors (Lipinski definition) is 9. The number of halogens is 1. The molecule has 0 aromatic carbocycles. The number of nitrogens with zero attached hydrogens (tertiary/aromatic N) is 7. The Kier molecular flexibility index (Phi) is 8.50. The Morgan fingerprint density at radius 1 is 1.00 bits per heavy atom. The van der Waals surface area contributed by atoms with Crippen molar-refractivity contribution < 1.29 is 9.59 Å². The number of carbonyl (C=O) groups excluding carboxylic acids is 2. The van der Waals surface area contributed by atoms with Crippen molar-refractivity contribution in [2.45, 2.75) is 51.5 Å². The zero-order chi connectivity index (χ0) is 27.0. The summed E-state index contributed by atoms with van der Waals surface area (Å²) in [4.78, 5) is 28.7. The number of amides is 2. The highest BCUT2D eigenvalue weighted by atomic mass is 35.5. The second kappa shape index (κ2) is 12.6. The molecule has 0 aliphatic carbocycles. The standard InChI is InChI=1S/C26H24ClN9O2S/c27-17-8-9-19(28-16-17)14-23(37)29-22-11-10-18(31-32-22)5-1-2-7-25-33-34-26(39-25)30-24(38)15-20-13-21-6-3-4-12-36(21)35-20/h8-11,13,16H,2-4,6-7,12,14-15H2,(H,29,32,37)(H,30,34,38). The van der Waals surface area contributed by atoms with Gasteiger partial charge in [-0.15, -0.1) is 20.4 Å². The largest absolute Gasteiger partial charge is 0.309 e. The fourth-order valence-corrected chi connectivity index (χ4v) is 4.81. The van der Waals surface area contributed by atoms with Gasteiger partial charge in [0.25, 0.3) is 0 Å². The van der Waals surface area contributed by atoms with Gasteiger partial charge in [-0.1, -0.05) is 28.9 Å². The highest BCUT2D eigenvalue weighted by Gasteiger charge is 2.15. The molecule has 0 radical (unpaired) electrons. The minimum atomic E-state index is -0.258. The molecule has 0 atom stereocenters. The third-order valence-electron chi connectivity index (χ3n) is 5.76. The van der Waals surface area contributed by atoms with Crippen LogP contribution in [0.2, 0.25) is 5.02 Å². The van der Waals surface area contributed by atoms with Crippen molar-refractivity contribution in [2.24, 2.45) is 0 Å². The molecular formula is C26H24ClN9O2S. The van der Waals surface area contributed by atoms with Gasteiger partial charge in [0.15, 0.2) is 5.82 Å². The van der Waals surface area contributed by atoms with Crippen LogP contribution in [0.5, 0.6) is 0 Å². The minimum Gasteiger partial charge on any atom is -0.309 e. The van der Waals surface area contributed by atoms with Crippen molar-refractivity contribution >= 4 is 45.7 Å². The first kappa shape index (κ1) is 26.4. The summed E-state index contributed by atoms with van der Waals surface area (Å²) < 4.78 is 2.00. The first-order valence-corrected chi connectivity index (χ1v) is 13.6. The Bertz CT molecular complexity index is 1500. The highest BCUT2D eigenvalue weighted by Crippen LogP contribution is 2.18. The lowest BCUT2D eigenvalue weighted by molar-refractivity contribution is -0.116. The van der Waals surface area contributed by atoms with Gasteiger partial charge in [0.05, 0.1) is 23.6 Å². The summed E-state index contributed by atoms with van der Waals surface area (Å²) in [6, 6.07) is 8.71. The van der Waals surface area contributed by atoms with E-state index in [0.29, 0.717) is 40.2 Å². The lowest BCUT2D eigenvalue weighted by Crippen LogP contribution is -2.16. The summed E-state index contributed by atoms with van der Waals surface area (Å²) in [7, 11) is 0. The van der Waals surface area contributed by atoms with E-state index in [-0.39, 0.29) is 24.7 Å². The van der Waals surface area contributed by atoms with Gasteiger partial charge in [-0.2, -0.15) is 5.10 Å². The summed E-state index contributed by atoms with van der Waals surface area (Å²) in [5.41, 5.74) is 3.06. The third kappa shape index (κ3) is 7.66. The molecule has 5 heterocycles. The number of nitrogens with one attached hydrogen (secondary N) is 2. The molecule has 0 spiro atoms. The molecule has 4 aromatic heterocycles. The monoisotopic (exact) mass is 561 g/mol. The van der Waals surface area contributed by atoms with E-state index in [1.807, 2.05) is 10.7 Å². The zero-order valence-electron chi connectivity index (χ0n) is 20.9. The van der Waals surface area contributed by atoms with Crippen molar-refractivity contribution in [3.8, 4) is 11.8 Å². The van der Waals surface area contributed by atoms with E-state index in [0.717, 1.165) is 30.1 Å². The zero-order valence-corrected chi connectivity index (χ0v) is 22.4. The Morgan fingerprint density at radius 2 is 1.87 bits per heavy atom. The number of aryl methyl sites for hydroxylation is 3. The second-order valence-electron chi connectivity index (χ2n) is 8.83. The van der Waals surface area contributed by atoms with Crippen molar-refractivity contribution in [1.29, 1.82) is 0 Å². The Morgan fingerprint density at radius 3 is 2.67 bits per heavy atom. The Labute approximate surface area is 233 Å². The first-order valence-electron chi connectivity index (χ1n) is 12.4. The molecule has 4 aromatic rings. The molecule has 0 fully saturated rings. The summed E-state index contributed by atoms with van der Waals surface area (Å²) in [5.74, 6) is 5.89. The molecule has 2 N–H and O–H groups in total. The topological polar surface area (TPSA) is 140 Å². The molecule has 0 saturated heterocycles. The summed E-state index contributed by atoms with van der Waals surface area (Å²) in [6.07, 6.45) is 6.24. The maximum atomic E-state index is 12.4. The number of hydrogen-bond donors (Lipinski definition) is 2. The van der Waals surface area contributed by atoms with E-state index >= 15 is 0 Å². The molecule has 13 heteroatoms. The van der Waals surface area contributed by atoms with Crippen molar-refractivity contribution in [3.63, 3.8) is 0 Å². The number of pyridine rings is 1. The molecule has 2 amide bonds. The highest BCUT2D eigenvalue weighted by molar-refractivity contribution is 7.15. The molecule has 0 unspecified atom stereocenters. The lowest BCUT2D eigenvalue weighted by atomic mass is 10.1. The smallest absolute Gasteiger partial charge is 0.232 e. The molecule has 198 valence electrons. The lowest BCUT2D eigenvalue weighted by Gasteiger charge is -2.11. The van der Waals surface area contributed by atoms with E-state index < -0.39 is 0 Å². The van der Waals surface area contributed by atoms with Crippen LogP contribution in [0, 0.1) is 11.8 Å². The van der Waals surface area contributed by atoms with Gasteiger partial charge in [-0.3, -0.25) is 19.3 Å². The molecule has 11 nitrogen and oxygen atoms in total. The number of aromatic nitrogens is 7. The van der Waals surface area contributed by atoms with Gasteiger partial charge < -0.3 is 10.6 Å². The summed E-state index contributed by atoms with van der Waals surface area (Å²) in [5, 5.41) is 28.0. The molecule has 1 aliphatic rings. The van der Waals surface area contributed by atoms with Gasteiger partial charge in [0.1, 0.15) is 10.7 Å². The van der Waals surface area contributed by atoms with Gasteiger partial charge in [-0.05, 0) is 55.5 Å². The summed E-state index contributed by atoms with van der Waals surface area (Å²) in [6.45, 7) is 0.916. The van der Waals surface area contributed by atoms with E-state index in [1.54, 1.807) is 24.3 Å². The van der Waals surface area contributed by atoms with Crippen LogP contribution in [0.25, 0.3) is 0 Å². The first-order chi connectivity index (χ1) is 19.0. The number of fused-ring (bicyclic) bond motifs is 1. The van der Waals surface area contributed by atoms with E-state index in [2.05, 4.69) is 53.0 Å². The van der Waals surface area contributed by atoms with Crippen LogP contribution in [0.3, 0.4) is 0 Å². The SMILES string of the molecule is O=C(Cc1ccc(Cl)cn1)Nc1ccc(C#CCCc2nnc(NC(=O)Cc3cc4n(n3)CCCC4)s2)nn1. The van der Waals surface area contributed by atoms with Crippen molar-refractivity contribution in [2.75, 3.05) is 10.6 Å². The average molecular weight is 562 g/mol. The molecular weight excluding hydrogens is 538 g/mol. The second-order valence-corrected chi connectivity index (χ2v) is 10.3. The molecule has 0 saturated carbocycles. The maximum Gasteiger partial charge on any atom is 0.232 e. The molecule has 5 rings (SSSR count). The number of rotatable bonds is 8. The predicted molar refractivity (Wildman–Crippen MR) is 146 cm³/mol. The van der Waals surface area contributed by atoms with Crippen LogP contribution in [0.4, 0.5) is 10.9 Å². The quantitative estimate of drug-likeness (QED) is 0.312. The fourth-order valence-electron chi connectivity index (χ4n) is 3.95. The van der Waals surface area contributed by atoms with Crippen LogP contribution in [0.15, 0.2) is 36.5 Å². The fraction of sp³-hybridized carbons (Fsp3) is 0.308. The Balaban J connectivity index is 1.04. The molecule has 39 heavy (non-hydrogen) atoms. The Hall–Kier alpha value is -4.21.